The predicted molar refractivity (Wildman–Crippen MR) is 117 cm³/mol. The number of hydrogen-bond acceptors (Lipinski definition) is 5. The second kappa shape index (κ2) is 9.21. The topological polar surface area (TPSA) is 78.5 Å². The highest BCUT2D eigenvalue weighted by Crippen LogP contribution is 2.20. The van der Waals surface area contributed by atoms with Crippen LogP contribution in [0.4, 0.5) is 5.69 Å². The Bertz CT molecular complexity index is 1040. The van der Waals surface area contributed by atoms with Gasteiger partial charge in [0, 0.05) is 24.3 Å². The Morgan fingerprint density at radius 3 is 2.21 bits per heavy atom. The Labute approximate surface area is 175 Å². The molecule has 2 N–H and O–H groups in total. The van der Waals surface area contributed by atoms with Gasteiger partial charge in [-0.25, -0.2) is 8.42 Å². The van der Waals surface area contributed by atoms with E-state index in [-0.39, 0.29) is 10.1 Å². The lowest BCUT2D eigenvalue weighted by atomic mass is 10.1. The van der Waals surface area contributed by atoms with Crippen LogP contribution in [-0.4, -0.2) is 33.3 Å². The molecule has 8 heteroatoms. The minimum atomic E-state index is -3.60. The SMILES string of the molecule is CN(C)Cc1ccc(CNC(=O)c2ccc(NS(=O)(=O)c3cccs3)cc2)cc1. The van der Waals surface area contributed by atoms with Crippen LogP contribution in [0, 0.1) is 0 Å². The lowest BCUT2D eigenvalue weighted by Crippen LogP contribution is -2.22. The molecule has 0 bridgehead atoms. The van der Waals surface area contributed by atoms with E-state index in [2.05, 4.69) is 27.1 Å². The van der Waals surface area contributed by atoms with Crippen LogP contribution in [0.5, 0.6) is 0 Å². The van der Waals surface area contributed by atoms with Crippen molar-refractivity contribution in [1.29, 1.82) is 0 Å². The summed E-state index contributed by atoms with van der Waals surface area (Å²) in [6.45, 7) is 1.29. The molecule has 1 amide bonds. The molecule has 152 valence electrons. The highest BCUT2D eigenvalue weighted by Gasteiger charge is 2.15. The van der Waals surface area contributed by atoms with E-state index in [1.807, 2.05) is 26.2 Å². The molecule has 29 heavy (non-hydrogen) atoms. The van der Waals surface area contributed by atoms with Gasteiger partial charge in [0.1, 0.15) is 4.21 Å². The summed E-state index contributed by atoms with van der Waals surface area (Å²) in [5, 5.41) is 4.59. The summed E-state index contributed by atoms with van der Waals surface area (Å²) < 4.78 is 27.2. The van der Waals surface area contributed by atoms with Crippen molar-refractivity contribution in [2.24, 2.45) is 0 Å². The summed E-state index contributed by atoms with van der Waals surface area (Å²) in [5.74, 6) is -0.213. The molecule has 0 aliphatic heterocycles. The van der Waals surface area contributed by atoms with Crippen molar-refractivity contribution in [2.45, 2.75) is 17.3 Å². The normalized spacial score (nSPS) is 11.4. The molecule has 3 rings (SSSR count). The van der Waals surface area contributed by atoms with Crippen LogP contribution < -0.4 is 10.0 Å². The summed E-state index contributed by atoms with van der Waals surface area (Å²) in [4.78, 5) is 14.5. The summed E-state index contributed by atoms with van der Waals surface area (Å²) in [5.41, 5.74) is 3.10. The Balaban J connectivity index is 1.56. The zero-order chi connectivity index (χ0) is 20.9. The molecule has 0 saturated heterocycles. The smallest absolute Gasteiger partial charge is 0.271 e. The minimum Gasteiger partial charge on any atom is -0.348 e. The second-order valence-corrected chi connectivity index (χ2v) is 9.71. The maximum atomic E-state index is 12.4. The van der Waals surface area contributed by atoms with Gasteiger partial charge in [0.2, 0.25) is 0 Å². The van der Waals surface area contributed by atoms with Crippen LogP contribution in [0.2, 0.25) is 0 Å². The summed E-state index contributed by atoms with van der Waals surface area (Å²) in [6.07, 6.45) is 0. The van der Waals surface area contributed by atoms with E-state index in [9.17, 15) is 13.2 Å². The fourth-order valence-electron chi connectivity index (χ4n) is 2.72. The molecule has 1 heterocycles. The van der Waals surface area contributed by atoms with Crippen molar-refractivity contribution in [3.63, 3.8) is 0 Å². The Kier molecular flexibility index (Phi) is 6.68. The van der Waals surface area contributed by atoms with E-state index in [0.717, 1.165) is 23.4 Å². The largest absolute Gasteiger partial charge is 0.348 e. The Hall–Kier alpha value is -2.68. The van der Waals surface area contributed by atoms with Gasteiger partial charge in [-0.15, -0.1) is 11.3 Å². The van der Waals surface area contributed by atoms with Crippen LogP contribution in [-0.2, 0) is 23.1 Å². The number of nitrogens with one attached hydrogen (secondary N) is 2. The first-order chi connectivity index (χ1) is 13.8. The molecule has 0 atom stereocenters. The van der Waals surface area contributed by atoms with Gasteiger partial charge in [-0.2, -0.15) is 0 Å². The number of nitrogens with zero attached hydrogens (tertiary/aromatic N) is 1. The number of benzene rings is 2. The van der Waals surface area contributed by atoms with E-state index in [1.165, 1.54) is 5.56 Å². The zero-order valence-corrected chi connectivity index (χ0v) is 17.9. The molecule has 0 spiro atoms. The van der Waals surface area contributed by atoms with Crippen molar-refractivity contribution >= 4 is 33.0 Å². The monoisotopic (exact) mass is 429 g/mol. The highest BCUT2D eigenvalue weighted by atomic mass is 32.2. The fourth-order valence-corrected chi connectivity index (χ4v) is 4.78. The van der Waals surface area contributed by atoms with Crippen molar-refractivity contribution < 1.29 is 13.2 Å². The molecule has 0 fully saturated rings. The Morgan fingerprint density at radius 2 is 1.62 bits per heavy atom. The molecule has 2 aromatic carbocycles. The third-order valence-corrected chi connectivity index (χ3v) is 6.91. The molecule has 0 radical (unpaired) electrons. The van der Waals surface area contributed by atoms with Gasteiger partial charge in [0.25, 0.3) is 15.9 Å². The molecule has 1 aromatic heterocycles. The van der Waals surface area contributed by atoms with Crippen molar-refractivity contribution in [3.05, 3.63) is 82.7 Å². The molecule has 0 aliphatic carbocycles. The van der Waals surface area contributed by atoms with Crippen molar-refractivity contribution in [2.75, 3.05) is 18.8 Å². The van der Waals surface area contributed by atoms with Gasteiger partial charge in [-0.3, -0.25) is 9.52 Å². The van der Waals surface area contributed by atoms with Crippen LogP contribution >= 0.6 is 11.3 Å². The zero-order valence-electron chi connectivity index (χ0n) is 16.3. The van der Waals surface area contributed by atoms with Gasteiger partial charge < -0.3 is 10.2 Å². The van der Waals surface area contributed by atoms with Crippen LogP contribution in [0.3, 0.4) is 0 Å². The average molecular weight is 430 g/mol. The maximum absolute atomic E-state index is 12.4. The number of carbonyl (C=O) groups is 1. The molecule has 6 nitrogen and oxygen atoms in total. The Morgan fingerprint density at radius 1 is 0.966 bits per heavy atom. The molecule has 0 aliphatic rings. The number of thiophene rings is 1. The van der Waals surface area contributed by atoms with Crippen molar-refractivity contribution in [1.82, 2.24) is 10.2 Å². The number of sulfonamides is 1. The molecule has 3 aromatic rings. The van der Waals surface area contributed by atoms with Crippen LogP contribution in [0.25, 0.3) is 0 Å². The van der Waals surface area contributed by atoms with E-state index in [0.29, 0.717) is 17.8 Å². The summed E-state index contributed by atoms with van der Waals surface area (Å²) in [6, 6.07) is 17.7. The first-order valence-electron chi connectivity index (χ1n) is 9.00. The highest BCUT2D eigenvalue weighted by molar-refractivity contribution is 7.94. The number of rotatable bonds is 8. The lowest BCUT2D eigenvalue weighted by Gasteiger charge is -2.11. The first kappa shape index (κ1) is 21.0. The van der Waals surface area contributed by atoms with Gasteiger partial charge in [-0.05, 0) is 60.9 Å². The average Bonchev–Trinajstić information content (AvgIpc) is 3.23. The maximum Gasteiger partial charge on any atom is 0.271 e. The molecule has 0 saturated carbocycles. The van der Waals surface area contributed by atoms with E-state index in [4.69, 9.17) is 0 Å². The molecular formula is C21H23N3O3S2. The second-order valence-electron chi connectivity index (χ2n) is 6.85. The third kappa shape index (κ3) is 5.90. The van der Waals surface area contributed by atoms with E-state index in [1.54, 1.807) is 41.8 Å². The van der Waals surface area contributed by atoms with Crippen LogP contribution in [0.1, 0.15) is 21.5 Å². The third-order valence-electron chi connectivity index (χ3n) is 4.13. The van der Waals surface area contributed by atoms with Gasteiger partial charge >= 0.3 is 0 Å². The predicted octanol–water partition coefficient (Wildman–Crippen LogP) is 3.54. The molecule has 0 unspecified atom stereocenters. The lowest BCUT2D eigenvalue weighted by molar-refractivity contribution is 0.0951. The minimum absolute atomic E-state index is 0.213. The first-order valence-corrected chi connectivity index (χ1v) is 11.4. The van der Waals surface area contributed by atoms with Crippen LogP contribution in [0.15, 0.2) is 70.3 Å². The number of anilines is 1. The van der Waals surface area contributed by atoms with Crippen molar-refractivity contribution in [3.8, 4) is 0 Å². The molecular weight excluding hydrogens is 406 g/mol. The fraction of sp³-hybridized carbons (Fsp3) is 0.190. The quantitative estimate of drug-likeness (QED) is 0.574. The van der Waals surface area contributed by atoms with E-state index < -0.39 is 10.0 Å². The summed E-state index contributed by atoms with van der Waals surface area (Å²) >= 11 is 1.15. The van der Waals surface area contributed by atoms with E-state index >= 15 is 0 Å². The standard InChI is InChI=1S/C21H23N3O3S2/c1-24(2)15-17-7-5-16(6-8-17)14-22-21(25)18-9-11-19(12-10-18)23-29(26,27)20-4-3-13-28-20/h3-13,23H,14-15H2,1-2H3,(H,22,25). The number of amides is 1. The number of carbonyl (C=O) groups excluding carboxylic acids is 1. The number of hydrogen-bond donors (Lipinski definition) is 2. The van der Waals surface area contributed by atoms with Gasteiger partial charge in [-0.1, -0.05) is 30.3 Å². The van der Waals surface area contributed by atoms with Gasteiger partial charge in [0.15, 0.2) is 0 Å². The van der Waals surface area contributed by atoms with Gasteiger partial charge in [0.05, 0.1) is 0 Å². The summed E-state index contributed by atoms with van der Waals surface area (Å²) in [7, 11) is 0.445.